The van der Waals surface area contributed by atoms with E-state index in [2.05, 4.69) is 10.4 Å². The fourth-order valence-corrected chi connectivity index (χ4v) is 2.33. The van der Waals surface area contributed by atoms with Crippen LogP contribution >= 0.6 is 0 Å². The number of carbonyl (C=O) groups is 1. The average molecular weight is 344 g/mol. The molecule has 5 nitrogen and oxygen atoms in total. The second kappa shape index (κ2) is 6.28. The van der Waals surface area contributed by atoms with E-state index in [1.54, 1.807) is 0 Å². The second-order valence-electron chi connectivity index (χ2n) is 5.30. The minimum atomic E-state index is -4.46. The van der Waals surface area contributed by atoms with Gasteiger partial charge in [0.05, 0.1) is 17.8 Å². The minimum Gasteiger partial charge on any atom is -0.324 e. The van der Waals surface area contributed by atoms with E-state index in [1.807, 2.05) is 0 Å². The summed E-state index contributed by atoms with van der Waals surface area (Å²) in [5.74, 6) is -1.59. The van der Waals surface area contributed by atoms with Gasteiger partial charge in [0.25, 0.3) is 0 Å². The van der Waals surface area contributed by atoms with Gasteiger partial charge in [0, 0.05) is 19.3 Å². The molecule has 1 aromatic heterocycles. The Morgan fingerprint density at radius 1 is 1.30 bits per heavy atom. The van der Waals surface area contributed by atoms with Crippen molar-refractivity contribution < 1.29 is 31.1 Å². The first-order valence-electron chi connectivity index (χ1n) is 6.76. The molecular weight excluding hydrogens is 330 g/mol. The van der Waals surface area contributed by atoms with E-state index in [-0.39, 0.29) is 25.1 Å². The van der Waals surface area contributed by atoms with E-state index in [9.17, 15) is 31.1 Å². The van der Waals surface area contributed by atoms with Gasteiger partial charge in [-0.15, -0.1) is 0 Å². The summed E-state index contributed by atoms with van der Waals surface area (Å²) in [5, 5.41) is 5.70. The van der Waals surface area contributed by atoms with Crippen LogP contribution in [-0.4, -0.2) is 46.2 Å². The maximum Gasteiger partial charge on any atom is 0.408 e. The predicted octanol–water partition coefficient (Wildman–Crippen LogP) is 3.25. The lowest BCUT2D eigenvalue weighted by Crippen LogP contribution is -2.46. The number of rotatable bonds is 2. The van der Waals surface area contributed by atoms with Crippen LogP contribution in [0.15, 0.2) is 12.4 Å². The van der Waals surface area contributed by atoms with Crippen molar-refractivity contribution >= 4 is 11.7 Å². The molecule has 11 heteroatoms. The molecule has 1 atom stereocenters. The summed E-state index contributed by atoms with van der Waals surface area (Å²) in [4.78, 5) is 12.9. The molecule has 1 saturated heterocycles. The quantitative estimate of drug-likeness (QED) is 0.838. The molecule has 2 rings (SSSR count). The number of amides is 2. The van der Waals surface area contributed by atoms with E-state index in [0.717, 1.165) is 17.3 Å². The van der Waals surface area contributed by atoms with Gasteiger partial charge < -0.3 is 10.2 Å². The second-order valence-corrected chi connectivity index (χ2v) is 5.30. The number of hydrogen-bond acceptors (Lipinski definition) is 2. The fraction of sp³-hybridized carbons (Fsp3) is 0.667. The zero-order chi connectivity index (χ0) is 17.3. The van der Waals surface area contributed by atoms with Crippen LogP contribution < -0.4 is 5.32 Å². The number of halogens is 6. The maximum atomic E-state index is 12.7. The number of hydrogen-bond donors (Lipinski definition) is 1. The van der Waals surface area contributed by atoms with E-state index in [4.69, 9.17) is 0 Å². The summed E-state index contributed by atoms with van der Waals surface area (Å²) in [6, 6.07) is -0.787. The number of anilines is 1. The van der Waals surface area contributed by atoms with Crippen LogP contribution in [0.2, 0.25) is 0 Å². The summed E-state index contributed by atoms with van der Waals surface area (Å²) >= 11 is 0. The topological polar surface area (TPSA) is 50.2 Å². The Morgan fingerprint density at radius 3 is 2.61 bits per heavy atom. The highest BCUT2D eigenvalue weighted by Crippen LogP contribution is 2.33. The van der Waals surface area contributed by atoms with Gasteiger partial charge in [-0.2, -0.15) is 31.4 Å². The molecule has 0 aromatic carbocycles. The van der Waals surface area contributed by atoms with Crippen molar-refractivity contribution in [1.29, 1.82) is 0 Å². The van der Waals surface area contributed by atoms with Gasteiger partial charge in [-0.1, -0.05) is 0 Å². The number of likely N-dealkylation sites (tertiary alicyclic amines) is 1. The third-order valence-electron chi connectivity index (χ3n) is 3.40. The molecule has 0 unspecified atom stereocenters. The molecule has 1 aliphatic heterocycles. The Morgan fingerprint density at radius 2 is 2.00 bits per heavy atom. The van der Waals surface area contributed by atoms with Crippen molar-refractivity contribution in [3.05, 3.63) is 12.4 Å². The highest BCUT2D eigenvalue weighted by molar-refractivity contribution is 5.89. The maximum absolute atomic E-state index is 12.7. The highest BCUT2D eigenvalue weighted by Gasteiger charge is 2.42. The standard InChI is InChI=1S/C12H14F6N4O/c13-11(14,15)7-22-6-9(4-19-22)20-10(23)21-3-1-2-8(5-21)12(16,17)18/h4,6,8H,1-3,5,7H2,(H,20,23)/t8-/m1/s1. The SMILES string of the molecule is O=C(Nc1cnn(CC(F)(F)F)c1)N1CCC[C@@H](C(F)(F)F)C1. The molecule has 0 bridgehead atoms. The van der Waals surface area contributed by atoms with Crippen molar-refractivity contribution in [3.63, 3.8) is 0 Å². The van der Waals surface area contributed by atoms with Gasteiger partial charge in [0.2, 0.25) is 0 Å². The van der Waals surface area contributed by atoms with Crippen LogP contribution in [0.4, 0.5) is 36.8 Å². The molecule has 1 fully saturated rings. The predicted molar refractivity (Wildman–Crippen MR) is 67.7 cm³/mol. The smallest absolute Gasteiger partial charge is 0.324 e. The van der Waals surface area contributed by atoms with E-state index in [1.165, 1.54) is 0 Å². The van der Waals surface area contributed by atoms with Crippen molar-refractivity contribution in [3.8, 4) is 0 Å². The lowest BCUT2D eigenvalue weighted by atomic mass is 9.98. The number of aromatic nitrogens is 2. The Bertz CT molecular complexity index is 552. The van der Waals surface area contributed by atoms with Gasteiger partial charge in [-0.05, 0) is 12.8 Å². The first kappa shape index (κ1) is 17.4. The number of nitrogens with one attached hydrogen (secondary N) is 1. The number of urea groups is 1. The molecule has 23 heavy (non-hydrogen) atoms. The summed E-state index contributed by atoms with van der Waals surface area (Å²) in [5.41, 5.74) is -0.00613. The van der Waals surface area contributed by atoms with Crippen molar-refractivity contribution in [2.24, 2.45) is 5.92 Å². The fourth-order valence-electron chi connectivity index (χ4n) is 2.33. The molecule has 0 spiro atoms. The normalized spacial score (nSPS) is 19.7. The van der Waals surface area contributed by atoms with Crippen molar-refractivity contribution in [2.45, 2.75) is 31.7 Å². The van der Waals surface area contributed by atoms with E-state index < -0.39 is 37.4 Å². The molecule has 0 aliphatic carbocycles. The first-order valence-corrected chi connectivity index (χ1v) is 6.76. The minimum absolute atomic E-state index is 0.00613. The van der Waals surface area contributed by atoms with Crippen LogP contribution in [-0.2, 0) is 6.54 Å². The number of piperidine rings is 1. The molecular formula is C12H14F6N4O. The number of nitrogens with zero attached hydrogens (tertiary/aromatic N) is 3. The number of carbonyl (C=O) groups excluding carboxylic acids is 1. The monoisotopic (exact) mass is 344 g/mol. The van der Waals surface area contributed by atoms with Gasteiger partial charge >= 0.3 is 18.4 Å². The summed E-state index contributed by atoms with van der Waals surface area (Å²) < 4.78 is 75.2. The lowest BCUT2D eigenvalue weighted by molar-refractivity contribution is -0.183. The van der Waals surface area contributed by atoms with Crippen LogP contribution in [0.25, 0.3) is 0 Å². The van der Waals surface area contributed by atoms with Crippen LogP contribution in [0.5, 0.6) is 0 Å². The molecule has 1 aliphatic rings. The lowest BCUT2D eigenvalue weighted by Gasteiger charge is -2.33. The van der Waals surface area contributed by atoms with Crippen molar-refractivity contribution in [2.75, 3.05) is 18.4 Å². The van der Waals surface area contributed by atoms with Gasteiger partial charge in [0.15, 0.2) is 0 Å². The number of alkyl halides is 6. The van der Waals surface area contributed by atoms with E-state index in [0.29, 0.717) is 4.68 Å². The average Bonchev–Trinajstić information content (AvgIpc) is 2.82. The Labute approximate surface area is 127 Å². The van der Waals surface area contributed by atoms with Gasteiger partial charge in [0.1, 0.15) is 6.54 Å². The molecule has 0 radical (unpaired) electrons. The molecule has 130 valence electrons. The Balaban J connectivity index is 1.94. The van der Waals surface area contributed by atoms with Crippen LogP contribution in [0.1, 0.15) is 12.8 Å². The molecule has 0 saturated carbocycles. The summed E-state index contributed by atoms with van der Waals surface area (Å²) in [6.07, 6.45) is -6.69. The van der Waals surface area contributed by atoms with Gasteiger partial charge in [-0.3, -0.25) is 4.68 Å². The molecule has 2 heterocycles. The zero-order valence-corrected chi connectivity index (χ0v) is 11.8. The third-order valence-corrected chi connectivity index (χ3v) is 3.40. The van der Waals surface area contributed by atoms with E-state index >= 15 is 0 Å². The van der Waals surface area contributed by atoms with Gasteiger partial charge in [-0.25, -0.2) is 4.79 Å². The van der Waals surface area contributed by atoms with Crippen LogP contribution in [0, 0.1) is 5.92 Å². The Kier molecular flexibility index (Phi) is 4.76. The zero-order valence-electron chi connectivity index (χ0n) is 11.8. The first-order chi connectivity index (χ1) is 10.5. The summed E-state index contributed by atoms with van der Waals surface area (Å²) in [7, 11) is 0. The molecule has 1 N–H and O–H groups in total. The third kappa shape index (κ3) is 5.03. The van der Waals surface area contributed by atoms with Crippen molar-refractivity contribution in [1.82, 2.24) is 14.7 Å². The largest absolute Gasteiger partial charge is 0.408 e. The molecule has 1 aromatic rings. The highest BCUT2D eigenvalue weighted by atomic mass is 19.4. The van der Waals surface area contributed by atoms with Crippen LogP contribution in [0.3, 0.4) is 0 Å². The molecule has 2 amide bonds. The Hall–Kier alpha value is -1.94. The summed E-state index contributed by atoms with van der Waals surface area (Å²) in [6.45, 7) is -1.62.